The second kappa shape index (κ2) is 7.46. The van der Waals surface area contributed by atoms with Crippen LogP contribution in [0.2, 0.25) is 0 Å². The van der Waals surface area contributed by atoms with Crippen molar-refractivity contribution in [3.05, 3.63) is 96.6 Å². The highest BCUT2D eigenvalue weighted by molar-refractivity contribution is 6.13. The zero-order valence-corrected chi connectivity index (χ0v) is 14.8. The van der Waals surface area contributed by atoms with Crippen molar-refractivity contribution in [1.29, 1.82) is 0 Å². The zero-order chi connectivity index (χ0) is 18.6. The molecule has 0 unspecified atom stereocenters. The van der Waals surface area contributed by atoms with Gasteiger partial charge in [0.1, 0.15) is 5.92 Å². The van der Waals surface area contributed by atoms with Crippen molar-refractivity contribution in [3.8, 4) is 0 Å². The normalized spacial score (nSPS) is 18.7. The Kier molecular flexibility index (Phi) is 4.71. The summed E-state index contributed by atoms with van der Waals surface area (Å²) in [5, 5.41) is 2.87. The third-order valence-corrected chi connectivity index (χ3v) is 4.92. The van der Waals surface area contributed by atoms with Crippen molar-refractivity contribution < 1.29 is 9.59 Å². The highest BCUT2D eigenvalue weighted by Crippen LogP contribution is 2.34. The third-order valence-electron chi connectivity index (χ3n) is 4.92. The molecule has 1 saturated heterocycles. The lowest BCUT2D eigenvalue weighted by Gasteiger charge is -2.27. The van der Waals surface area contributed by atoms with Gasteiger partial charge in [-0.05, 0) is 29.8 Å². The number of hydrogen-bond acceptors (Lipinski definition) is 2. The lowest BCUT2D eigenvalue weighted by molar-refractivity contribution is -0.131. The van der Waals surface area contributed by atoms with E-state index < -0.39 is 5.92 Å². The van der Waals surface area contributed by atoms with Crippen molar-refractivity contribution in [1.82, 2.24) is 5.32 Å². The minimum absolute atomic E-state index is 0.180. The fourth-order valence-electron chi connectivity index (χ4n) is 3.61. The van der Waals surface area contributed by atoms with E-state index in [-0.39, 0.29) is 17.7 Å². The molecule has 0 bridgehead atoms. The van der Waals surface area contributed by atoms with Crippen LogP contribution in [0.1, 0.15) is 11.5 Å². The van der Waals surface area contributed by atoms with Crippen LogP contribution in [0.15, 0.2) is 91.0 Å². The van der Waals surface area contributed by atoms with Gasteiger partial charge >= 0.3 is 0 Å². The highest BCUT2D eigenvalue weighted by atomic mass is 16.2. The van der Waals surface area contributed by atoms with Crippen LogP contribution in [0, 0.1) is 5.92 Å². The maximum absolute atomic E-state index is 13.6. The summed E-state index contributed by atoms with van der Waals surface area (Å²) >= 11 is 0. The van der Waals surface area contributed by atoms with Crippen LogP contribution in [-0.4, -0.2) is 18.4 Å². The molecular weight excluding hydrogens is 336 g/mol. The van der Waals surface area contributed by atoms with E-state index in [9.17, 15) is 9.59 Å². The van der Waals surface area contributed by atoms with E-state index in [1.165, 1.54) is 0 Å². The van der Waals surface area contributed by atoms with Crippen LogP contribution in [0.5, 0.6) is 0 Å². The number of rotatable bonds is 4. The smallest absolute Gasteiger partial charge is 0.244 e. The molecule has 0 aromatic heterocycles. The average Bonchev–Trinajstić information content (AvgIpc) is 3.12. The molecule has 4 nitrogen and oxygen atoms in total. The van der Waals surface area contributed by atoms with Gasteiger partial charge in [-0.15, -0.1) is 0 Å². The number of nitrogens with one attached hydrogen (secondary N) is 1. The summed E-state index contributed by atoms with van der Waals surface area (Å²) in [6.45, 7) is 0.469. The van der Waals surface area contributed by atoms with E-state index in [0.717, 1.165) is 16.9 Å². The van der Waals surface area contributed by atoms with Crippen LogP contribution >= 0.6 is 0 Å². The summed E-state index contributed by atoms with van der Waals surface area (Å²) < 4.78 is 0. The number of anilines is 2. The molecule has 0 spiro atoms. The molecule has 27 heavy (non-hydrogen) atoms. The maximum Gasteiger partial charge on any atom is 0.244 e. The Hall–Kier alpha value is -3.40. The minimum atomic E-state index is -0.757. The van der Waals surface area contributed by atoms with E-state index in [2.05, 4.69) is 5.32 Å². The molecule has 1 fully saturated rings. The number of carbonyl (C=O) groups excluding carboxylic acids is 2. The molecular formula is C23H20N2O2. The van der Waals surface area contributed by atoms with Gasteiger partial charge in [0, 0.05) is 23.8 Å². The predicted molar refractivity (Wildman–Crippen MR) is 106 cm³/mol. The van der Waals surface area contributed by atoms with Crippen LogP contribution in [0.25, 0.3) is 0 Å². The van der Waals surface area contributed by atoms with Gasteiger partial charge in [0.2, 0.25) is 11.8 Å². The molecule has 2 amide bonds. The number of carbonyl (C=O) groups is 2. The summed E-state index contributed by atoms with van der Waals surface area (Å²) in [5.74, 6) is -1.36. The first-order chi connectivity index (χ1) is 13.3. The van der Waals surface area contributed by atoms with Gasteiger partial charge in [-0.3, -0.25) is 14.5 Å². The quantitative estimate of drug-likeness (QED) is 0.721. The number of nitrogens with zero attached hydrogens (tertiary/aromatic N) is 1. The molecule has 0 radical (unpaired) electrons. The maximum atomic E-state index is 13.6. The Labute approximate surface area is 158 Å². The standard InChI is InChI=1S/C23H20N2O2/c26-22-21(20(16-24-22)17-10-4-1-5-11-17)23(27)25(18-12-6-2-7-13-18)19-14-8-3-9-15-19/h1-15,20-21H,16H2,(H,24,26)/t20-,21-/m0/s1. The summed E-state index contributed by atoms with van der Waals surface area (Å²) in [6, 6.07) is 28.7. The lowest BCUT2D eigenvalue weighted by Crippen LogP contribution is -2.38. The van der Waals surface area contributed by atoms with Gasteiger partial charge in [-0.25, -0.2) is 0 Å². The molecule has 1 heterocycles. The summed E-state index contributed by atoms with van der Waals surface area (Å²) in [5.41, 5.74) is 2.50. The van der Waals surface area contributed by atoms with Gasteiger partial charge in [-0.2, -0.15) is 0 Å². The van der Waals surface area contributed by atoms with Crippen molar-refractivity contribution in [2.24, 2.45) is 5.92 Å². The van der Waals surface area contributed by atoms with E-state index in [4.69, 9.17) is 0 Å². The third kappa shape index (κ3) is 3.34. The van der Waals surface area contributed by atoms with Crippen LogP contribution in [0.4, 0.5) is 11.4 Å². The summed E-state index contributed by atoms with van der Waals surface area (Å²) in [7, 11) is 0. The van der Waals surface area contributed by atoms with E-state index in [1.54, 1.807) is 4.90 Å². The lowest BCUT2D eigenvalue weighted by atomic mass is 9.87. The molecule has 0 saturated carbocycles. The molecule has 3 aromatic rings. The number of para-hydroxylation sites is 2. The first kappa shape index (κ1) is 17.0. The van der Waals surface area contributed by atoms with Gasteiger partial charge in [0.05, 0.1) is 0 Å². The van der Waals surface area contributed by atoms with Crippen LogP contribution < -0.4 is 10.2 Å². The molecule has 4 heteroatoms. The molecule has 1 aliphatic rings. The molecule has 134 valence electrons. The second-order valence-corrected chi connectivity index (χ2v) is 6.58. The fraction of sp³-hybridized carbons (Fsp3) is 0.130. The van der Waals surface area contributed by atoms with E-state index in [0.29, 0.717) is 6.54 Å². The molecule has 0 aliphatic carbocycles. The number of benzene rings is 3. The monoisotopic (exact) mass is 356 g/mol. The largest absolute Gasteiger partial charge is 0.355 e. The Balaban J connectivity index is 1.75. The fourth-order valence-corrected chi connectivity index (χ4v) is 3.61. The Morgan fingerprint density at radius 2 is 1.26 bits per heavy atom. The Morgan fingerprint density at radius 3 is 1.78 bits per heavy atom. The van der Waals surface area contributed by atoms with Crippen molar-refractivity contribution in [2.75, 3.05) is 11.4 Å². The van der Waals surface area contributed by atoms with Gasteiger partial charge in [0.25, 0.3) is 0 Å². The zero-order valence-electron chi connectivity index (χ0n) is 14.8. The van der Waals surface area contributed by atoms with Crippen LogP contribution in [-0.2, 0) is 9.59 Å². The number of amides is 2. The number of hydrogen-bond donors (Lipinski definition) is 1. The molecule has 1 N–H and O–H groups in total. The molecule has 1 aliphatic heterocycles. The SMILES string of the molecule is O=C1NC[C@@H](c2ccccc2)[C@@H]1C(=O)N(c1ccccc1)c1ccccc1. The molecule has 4 rings (SSSR count). The van der Waals surface area contributed by atoms with E-state index in [1.807, 2.05) is 91.0 Å². The summed E-state index contributed by atoms with van der Waals surface area (Å²) in [4.78, 5) is 27.9. The van der Waals surface area contributed by atoms with Gasteiger partial charge in [-0.1, -0.05) is 66.7 Å². The molecule has 2 atom stereocenters. The first-order valence-corrected chi connectivity index (χ1v) is 9.02. The topological polar surface area (TPSA) is 49.4 Å². The summed E-state index contributed by atoms with van der Waals surface area (Å²) in [6.07, 6.45) is 0. The Bertz CT molecular complexity index is 887. The van der Waals surface area contributed by atoms with Gasteiger partial charge in [0.15, 0.2) is 0 Å². The van der Waals surface area contributed by atoms with Crippen molar-refractivity contribution in [2.45, 2.75) is 5.92 Å². The minimum Gasteiger partial charge on any atom is -0.355 e. The van der Waals surface area contributed by atoms with Crippen molar-refractivity contribution in [3.63, 3.8) is 0 Å². The van der Waals surface area contributed by atoms with Crippen molar-refractivity contribution >= 4 is 23.2 Å². The van der Waals surface area contributed by atoms with E-state index >= 15 is 0 Å². The second-order valence-electron chi connectivity index (χ2n) is 6.58. The Morgan fingerprint density at radius 1 is 0.778 bits per heavy atom. The van der Waals surface area contributed by atoms with Gasteiger partial charge < -0.3 is 5.32 Å². The average molecular weight is 356 g/mol. The first-order valence-electron chi connectivity index (χ1n) is 9.02. The molecule has 3 aromatic carbocycles. The van der Waals surface area contributed by atoms with Crippen LogP contribution in [0.3, 0.4) is 0 Å². The highest BCUT2D eigenvalue weighted by Gasteiger charge is 2.43. The predicted octanol–water partition coefficient (Wildman–Crippen LogP) is 3.88.